The Morgan fingerprint density at radius 3 is 2.05 bits per heavy atom. The van der Waals surface area contributed by atoms with Gasteiger partial charge in [0.05, 0.1) is 14.3 Å². The van der Waals surface area contributed by atoms with Gasteiger partial charge < -0.3 is 4.52 Å². The Hall–Kier alpha value is -1.43. The van der Waals surface area contributed by atoms with E-state index in [9.17, 15) is 0 Å². The van der Waals surface area contributed by atoms with E-state index in [-0.39, 0.29) is 0 Å². The third-order valence-electron chi connectivity index (χ3n) is 3.93. The number of allylic oxidation sites excluding steroid dienone is 1. The van der Waals surface area contributed by atoms with Crippen LogP contribution < -0.4 is 10.6 Å². The van der Waals surface area contributed by atoms with Gasteiger partial charge in [0, 0.05) is 10.6 Å². The van der Waals surface area contributed by atoms with E-state index in [1.807, 2.05) is 0 Å². The molecule has 21 heavy (non-hydrogen) atoms. The monoisotopic (exact) mass is 296 g/mol. The fraction of sp³-hybridized carbons (Fsp3) is 0.263. The number of rotatable bonds is 4. The summed E-state index contributed by atoms with van der Waals surface area (Å²) in [7, 11) is -0.735. The van der Waals surface area contributed by atoms with Crippen molar-refractivity contribution in [2.75, 3.05) is 0 Å². The van der Waals surface area contributed by atoms with Crippen molar-refractivity contribution in [2.45, 2.75) is 32.3 Å². The molecular weight excluding hydrogens is 275 g/mol. The lowest BCUT2D eigenvalue weighted by Gasteiger charge is -2.23. The van der Waals surface area contributed by atoms with Crippen molar-refractivity contribution in [1.82, 2.24) is 0 Å². The molecule has 0 unspecified atom stereocenters. The maximum atomic E-state index is 6.58. The van der Waals surface area contributed by atoms with E-state index in [1.54, 1.807) is 0 Å². The average Bonchev–Trinajstić information content (AvgIpc) is 3.01. The zero-order valence-electron chi connectivity index (χ0n) is 12.4. The van der Waals surface area contributed by atoms with Crippen molar-refractivity contribution in [1.29, 1.82) is 0 Å². The molecule has 2 aromatic carbocycles. The average molecular weight is 296 g/mol. The van der Waals surface area contributed by atoms with Crippen LogP contribution in [0.4, 0.5) is 0 Å². The Morgan fingerprint density at radius 1 is 0.952 bits per heavy atom. The van der Waals surface area contributed by atoms with Gasteiger partial charge in [0.2, 0.25) is 0 Å². The van der Waals surface area contributed by atoms with Gasteiger partial charge in [-0.25, -0.2) is 0 Å². The Labute approximate surface area is 128 Å². The van der Waals surface area contributed by atoms with Crippen molar-refractivity contribution in [3.05, 3.63) is 72.3 Å². The summed E-state index contributed by atoms with van der Waals surface area (Å²) in [6, 6.07) is 21.3. The van der Waals surface area contributed by atoms with Crippen LogP contribution in [0.25, 0.3) is 0 Å². The van der Waals surface area contributed by atoms with Gasteiger partial charge in [-0.2, -0.15) is 0 Å². The second kappa shape index (κ2) is 7.02. The fourth-order valence-electron chi connectivity index (χ4n) is 2.81. The van der Waals surface area contributed by atoms with E-state index in [1.165, 1.54) is 29.0 Å². The van der Waals surface area contributed by atoms with E-state index in [2.05, 4.69) is 73.7 Å². The third kappa shape index (κ3) is 3.43. The Bertz CT molecular complexity index is 552. The first-order valence-corrected chi connectivity index (χ1v) is 8.86. The molecule has 3 rings (SSSR count). The molecule has 1 aliphatic rings. The van der Waals surface area contributed by atoms with Crippen LogP contribution in [-0.2, 0) is 4.52 Å². The lowest BCUT2D eigenvalue weighted by atomic mass is 10.2. The van der Waals surface area contributed by atoms with Gasteiger partial charge in [-0.3, -0.25) is 0 Å². The Morgan fingerprint density at radius 2 is 1.52 bits per heavy atom. The summed E-state index contributed by atoms with van der Waals surface area (Å²) in [6.45, 7) is 2.13. The molecular formula is C19H21OP. The Balaban J connectivity index is 1.90. The maximum absolute atomic E-state index is 6.58. The molecule has 0 radical (unpaired) electrons. The first-order chi connectivity index (χ1) is 10.4. The molecule has 1 fully saturated rings. The highest BCUT2D eigenvalue weighted by molar-refractivity contribution is 7.68. The summed E-state index contributed by atoms with van der Waals surface area (Å²) in [5.74, 6) is 0. The second-order valence-corrected chi connectivity index (χ2v) is 7.15. The molecule has 0 N–H and O–H groups in total. The summed E-state index contributed by atoms with van der Waals surface area (Å²) in [4.78, 5) is 0. The van der Waals surface area contributed by atoms with Crippen LogP contribution in [0.2, 0.25) is 0 Å². The van der Waals surface area contributed by atoms with E-state index >= 15 is 0 Å². The zero-order valence-corrected chi connectivity index (χ0v) is 13.3. The minimum Gasteiger partial charge on any atom is -0.342 e. The zero-order chi connectivity index (χ0) is 14.5. The molecule has 1 saturated carbocycles. The maximum Gasteiger partial charge on any atom is 0.0926 e. The predicted molar refractivity (Wildman–Crippen MR) is 91.6 cm³/mol. The minimum absolute atomic E-state index is 0.293. The molecule has 0 aliphatic heterocycles. The molecule has 2 aromatic rings. The van der Waals surface area contributed by atoms with E-state index in [4.69, 9.17) is 4.52 Å². The summed E-state index contributed by atoms with van der Waals surface area (Å²) in [5, 5.41) is 2.59. The standard InChI is InChI=1S/C19H21OP/c1-2-16-10-9-15-19(16)20-21(17-11-5-3-6-12-17)18-13-7-4-8-14-18/h2-8,11-14,19H,9-10,15H2,1H3/t19-/m1/s1. The van der Waals surface area contributed by atoms with E-state index in [0.29, 0.717) is 6.10 Å². The lowest BCUT2D eigenvalue weighted by molar-refractivity contribution is 0.279. The van der Waals surface area contributed by atoms with Gasteiger partial charge in [0.25, 0.3) is 0 Å². The van der Waals surface area contributed by atoms with Gasteiger partial charge in [-0.05, 0) is 31.8 Å². The number of hydrogen-bond acceptors (Lipinski definition) is 1. The number of benzene rings is 2. The fourth-order valence-corrected chi connectivity index (χ4v) is 4.74. The molecule has 0 saturated heterocycles. The van der Waals surface area contributed by atoms with Crippen molar-refractivity contribution in [3.63, 3.8) is 0 Å². The molecule has 0 aromatic heterocycles. The summed E-state index contributed by atoms with van der Waals surface area (Å²) in [6.07, 6.45) is 6.12. The van der Waals surface area contributed by atoms with Crippen LogP contribution in [0.15, 0.2) is 72.3 Å². The highest BCUT2D eigenvalue weighted by atomic mass is 31.1. The van der Waals surface area contributed by atoms with E-state index < -0.39 is 8.15 Å². The third-order valence-corrected chi connectivity index (χ3v) is 5.93. The van der Waals surface area contributed by atoms with Gasteiger partial charge in [-0.15, -0.1) is 0 Å². The molecule has 1 atom stereocenters. The molecule has 0 heterocycles. The molecule has 0 amide bonds. The Kier molecular flexibility index (Phi) is 4.85. The van der Waals surface area contributed by atoms with Gasteiger partial charge in [0.1, 0.15) is 0 Å². The van der Waals surface area contributed by atoms with Crippen LogP contribution in [0, 0.1) is 0 Å². The second-order valence-electron chi connectivity index (χ2n) is 5.32. The lowest BCUT2D eigenvalue weighted by Crippen LogP contribution is -2.18. The largest absolute Gasteiger partial charge is 0.342 e. The van der Waals surface area contributed by atoms with Crippen LogP contribution in [0.5, 0.6) is 0 Å². The molecule has 2 heteroatoms. The number of hydrogen-bond donors (Lipinski definition) is 0. The first kappa shape index (κ1) is 14.5. The molecule has 0 bridgehead atoms. The summed E-state index contributed by atoms with van der Waals surface area (Å²) >= 11 is 0. The molecule has 108 valence electrons. The highest BCUT2D eigenvalue weighted by Crippen LogP contribution is 2.41. The van der Waals surface area contributed by atoms with Crippen LogP contribution in [0.1, 0.15) is 26.2 Å². The van der Waals surface area contributed by atoms with Crippen molar-refractivity contribution in [2.24, 2.45) is 0 Å². The van der Waals surface area contributed by atoms with Crippen LogP contribution >= 0.6 is 8.15 Å². The van der Waals surface area contributed by atoms with Gasteiger partial charge in [0.15, 0.2) is 0 Å². The van der Waals surface area contributed by atoms with Gasteiger partial charge in [-0.1, -0.05) is 66.7 Å². The van der Waals surface area contributed by atoms with Crippen molar-refractivity contribution < 1.29 is 4.52 Å². The topological polar surface area (TPSA) is 9.23 Å². The molecule has 0 spiro atoms. The quantitative estimate of drug-likeness (QED) is 0.594. The van der Waals surface area contributed by atoms with Crippen LogP contribution in [-0.4, -0.2) is 6.10 Å². The predicted octanol–water partition coefficient (Wildman–Crippen LogP) is 4.55. The summed E-state index contributed by atoms with van der Waals surface area (Å²) in [5.41, 5.74) is 1.47. The first-order valence-electron chi connectivity index (χ1n) is 7.60. The van der Waals surface area contributed by atoms with Crippen molar-refractivity contribution >= 4 is 18.8 Å². The highest BCUT2D eigenvalue weighted by Gasteiger charge is 2.26. The van der Waals surface area contributed by atoms with E-state index in [0.717, 1.165) is 6.42 Å². The molecule has 1 nitrogen and oxygen atoms in total. The van der Waals surface area contributed by atoms with Gasteiger partial charge >= 0.3 is 0 Å². The van der Waals surface area contributed by atoms with Crippen LogP contribution in [0.3, 0.4) is 0 Å². The normalized spacial score (nSPS) is 20.3. The SMILES string of the molecule is CC=C1CCC[C@H]1OP(c1ccccc1)c1ccccc1. The minimum atomic E-state index is -0.735. The summed E-state index contributed by atoms with van der Waals surface area (Å²) < 4.78 is 6.58. The van der Waals surface area contributed by atoms with Crippen molar-refractivity contribution in [3.8, 4) is 0 Å². The molecule has 1 aliphatic carbocycles. The smallest absolute Gasteiger partial charge is 0.0926 e.